The van der Waals surface area contributed by atoms with Crippen molar-refractivity contribution in [2.45, 2.75) is 13.0 Å². The SMILES string of the molecule is COC(=O)[C@@H](C)N(C)C=O. The first-order chi connectivity index (χ1) is 4.63. The molecule has 0 spiro atoms. The molecule has 58 valence electrons. The summed E-state index contributed by atoms with van der Waals surface area (Å²) < 4.78 is 4.40. The highest BCUT2D eigenvalue weighted by molar-refractivity contribution is 5.77. The van der Waals surface area contributed by atoms with E-state index in [4.69, 9.17) is 0 Å². The predicted molar refractivity (Wildman–Crippen MR) is 35.3 cm³/mol. The highest BCUT2D eigenvalue weighted by Crippen LogP contribution is 1.93. The van der Waals surface area contributed by atoms with Crippen LogP contribution in [0.15, 0.2) is 0 Å². The van der Waals surface area contributed by atoms with Gasteiger partial charge in [-0.15, -0.1) is 0 Å². The van der Waals surface area contributed by atoms with Crippen molar-refractivity contribution in [2.75, 3.05) is 14.2 Å². The molecule has 0 rings (SSSR count). The first kappa shape index (κ1) is 8.94. The molecule has 0 aliphatic rings. The molecule has 0 radical (unpaired) electrons. The molecule has 4 heteroatoms. The summed E-state index contributed by atoms with van der Waals surface area (Å²) >= 11 is 0. The van der Waals surface area contributed by atoms with Crippen molar-refractivity contribution in [1.29, 1.82) is 0 Å². The van der Waals surface area contributed by atoms with Gasteiger partial charge in [0.25, 0.3) is 0 Å². The fourth-order valence-corrected chi connectivity index (χ4v) is 0.428. The molecule has 0 aliphatic carbocycles. The quantitative estimate of drug-likeness (QED) is 0.402. The van der Waals surface area contributed by atoms with Gasteiger partial charge in [-0.05, 0) is 6.92 Å². The fraction of sp³-hybridized carbons (Fsp3) is 0.667. The molecule has 0 bridgehead atoms. The zero-order valence-electron chi connectivity index (χ0n) is 6.33. The second-order valence-electron chi connectivity index (χ2n) is 1.97. The highest BCUT2D eigenvalue weighted by atomic mass is 16.5. The van der Waals surface area contributed by atoms with E-state index < -0.39 is 12.0 Å². The molecule has 1 amide bonds. The summed E-state index contributed by atoms with van der Waals surface area (Å²) in [5.74, 6) is -0.408. The molecule has 1 atom stereocenters. The second kappa shape index (κ2) is 3.87. The van der Waals surface area contributed by atoms with Gasteiger partial charge in [0.05, 0.1) is 7.11 Å². The van der Waals surface area contributed by atoms with Crippen molar-refractivity contribution in [3.05, 3.63) is 0 Å². The number of ether oxygens (including phenoxy) is 1. The number of nitrogens with zero attached hydrogens (tertiary/aromatic N) is 1. The molecule has 0 aromatic heterocycles. The maximum atomic E-state index is 10.7. The molecule has 0 saturated carbocycles. The van der Waals surface area contributed by atoms with E-state index in [0.29, 0.717) is 6.41 Å². The summed E-state index contributed by atoms with van der Waals surface area (Å²) in [6, 6.07) is -0.498. The van der Waals surface area contributed by atoms with Gasteiger partial charge in [0, 0.05) is 7.05 Å². The van der Waals surface area contributed by atoms with Gasteiger partial charge in [-0.3, -0.25) is 4.79 Å². The van der Waals surface area contributed by atoms with Crippen LogP contribution in [0.2, 0.25) is 0 Å². The van der Waals surface area contributed by atoms with E-state index in [2.05, 4.69) is 4.74 Å². The van der Waals surface area contributed by atoms with Crippen molar-refractivity contribution in [3.8, 4) is 0 Å². The zero-order valence-corrected chi connectivity index (χ0v) is 6.33. The van der Waals surface area contributed by atoms with Crippen LogP contribution in [0.5, 0.6) is 0 Å². The van der Waals surface area contributed by atoms with Gasteiger partial charge in [0.15, 0.2) is 0 Å². The van der Waals surface area contributed by atoms with Crippen molar-refractivity contribution in [3.63, 3.8) is 0 Å². The number of likely N-dealkylation sites (N-methyl/N-ethyl adjacent to an activating group) is 1. The highest BCUT2D eigenvalue weighted by Gasteiger charge is 2.15. The molecule has 10 heavy (non-hydrogen) atoms. The minimum atomic E-state index is -0.498. The Hall–Kier alpha value is -1.06. The molecular weight excluding hydrogens is 134 g/mol. The third kappa shape index (κ3) is 2.05. The number of methoxy groups -OCH3 is 1. The summed E-state index contributed by atoms with van der Waals surface area (Å²) in [5.41, 5.74) is 0. The van der Waals surface area contributed by atoms with Gasteiger partial charge in [-0.2, -0.15) is 0 Å². The largest absolute Gasteiger partial charge is 0.467 e. The normalized spacial score (nSPS) is 11.9. The van der Waals surface area contributed by atoms with Crippen molar-refractivity contribution >= 4 is 12.4 Å². The van der Waals surface area contributed by atoms with Gasteiger partial charge in [-0.25, -0.2) is 4.79 Å². The number of hydrogen-bond acceptors (Lipinski definition) is 3. The molecule has 0 fully saturated rings. The van der Waals surface area contributed by atoms with Crippen LogP contribution >= 0.6 is 0 Å². The summed E-state index contributed by atoms with van der Waals surface area (Å²) in [6.07, 6.45) is 0.585. The van der Waals surface area contributed by atoms with Crippen molar-refractivity contribution < 1.29 is 14.3 Å². The second-order valence-corrected chi connectivity index (χ2v) is 1.97. The van der Waals surface area contributed by atoms with E-state index in [1.54, 1.807) is 6.92 Å². The molecule has 0 aliphatic heterocycles. The standard InChI is InChI=1S/C6H11NO3/c1-5(6(9)10-3)7(2)4-8/h4-5H,1-3H3/t5-/m1/s1. The van der Waals surface area contributed by atoms with Crippen LogP contribution in [0.4, 0.5) is 0 Å². The predicted octanol–water partition coefficient (Wildman–Crippen LogP) is -0.364. The van der Waals surface area contributed by atoms with Crippen LogP contribution in [0.1, 0.15) is 6.92 Å². The van der Waals surface area contributed by atoms with Crippen LogP contribution in [-0.4, -0.2) is 37.5 Å². The van der Waals surface area contributed by atoms with Crippen molar-refractivity contribution in [1.82, 2.24) is 4.90 Å². The molecular formula is C6H11NO3. The fourth-order valence-electron chi connectivity index (χ4n) is 0.428. The summed E-state index contributed by atoms with van der Waals surface area (Å²) in [7, 11) is 2.81. The first-order valence-electron chi connectivity index (χ1n) is 2.88. The molecule has 0 heterocycles. The molecule has 4 nitrogen and oxygen atoms in total. The maximum Gasteiger partial charge on any atom is 0.328 e. The summed E-state index contributed by atoms with van der Waals surface area (Å²) in [4.78, 5) is 22.0. The van der Waals surface area contributed by atoms with Gasteiger partial charge in [-0.1, -0.05) is 0 Å². The number of hydrogen-bond donors (Lipinski definition) is 0. The van der Waals surface area contributed by atoms with Crippen LogP contribution < -0.4 is 0 Å². The summed E-state index contributed by atoms with van der Waals surface area (Å²) in [6.45, 7) is 1.60. The summed E-state index contributed by atoms with van der Waals surface area (Å²) in [5, 5.41) is 0. The Balaban J connectivity index is 3.93. The van der Waals surface area contributed by atoms with E-state index in [0.717, 1.165) is 0 Å². The van der Waals surface area contributed by atoms with Gasteiger partial charge < -0.3 is 9.64 Å². The van der Waals surface area contributed by atoms with E-state index in [-0.39, 0.29) is 0 Å². The van der Waals surface area contributed by atoms with E-state index in [1.165, 1.54) is 19.1 Å². The molecule has 0 unspecified atom stereocenters. The minimum absolute atomic E-state index is 0.408. The van der Waals surface area contributed by atoms with Crippen molar-refractivity contribution in [2.24, 2.45) is 0 Å². The topological polar surface area (TPSA) is 46.6 Å². The molecule has 0 aromatic rings. The van der Waals surface area contributed by atoms with Crippen LogP contribution in [0, 0.1) is 0 Å². The average Bonchev–Trinajstić information content (AvgIpc) is 2.00. The Morgan fingerprint density at radius 3 is 2.50 bits per heavy atom. The number of amides is 1. The number of carbonyl (C=O) groups excluding carboxylic acids is 2. The van der Waals surface area contributed by atoms with E-state index >= 15 is 0 Å². The van der Waals surface area contributed by atoms with E-state index in [9.17, 15) is 9.59 Å². The Labute approximate surface area is 59.8 Å². The average molecular weight is 145 g/mol. The number of esters is 1. The monoisotopic (exact) mass is 145 g/mol. The Morgan fingerprint density at radius 1 is 1.70 bits per heavy atom. The lowest BCUT2D eigenvalue weighted by Gasteiger charge is -2.16. The Morgan fingerprint density at radius 2 is 2.20 bits per heavy atom. The third-order valence-corrected chi connectivity index (χ3v) is 1.32. The Kier molecular flexibility index (Phi) is 3.46. The van der Waals surface area contributed by atoms with Crippen LogP contribution in [0.3, 0.4) is 0 Å². The molecule has 0 saturated heterocycles. The van der Waals surface area contributed by atoms with Gasteiger partial charge >= 0.3 is 5.97 Å². The number of rotatable bonds is 3. The van der Waals surface area contributed by atoms with Crippen LogP contribution in [-0.2, 0) is 14.3 Å². The van der Waals surface area contributed by atoms with Gasteiger partial charge in [0.1, 0.15) is 6.04 Å². The van der Waals surface area contributed by atoms with Gasteiger partial charge in [0.2, 0.25) is 6.41 Å². The Bertz CT molecular complexity index is 135. The van der Waals surface area contributed by atoms with Crippen LogP contribution in [0.25, 0.3) is 0 Å². The molecule has 0 aromatic carbocycles. The zero-order chi connectivity index (χ0) is 8.15. The lowest BCUT2D eigenvalue weighted by atomic mass is 10.3. The smallest absolute Gasteiger partial charge is 0.328 e. The third-order valence-electron chi connectivity index (χ3n) is 1.32. The maximum absolute atomic E-state index is 10.7. The minimum Gasteiger partial charge on any atom is -0.467 e. The molecule has 0 N–H and O–H groups in total. The number of carbonyl (C=O) groups is 2. The lowest BCUT2D eigenvalue weighted by Crippen LogP contribution is -2.35. The van der Waals surface area contributed by atoms with E-state index in [1.807, 2.05) is 0 Å². The lowest BCUT2D eigenvalue weighted by molar-refractivity contribution is -0.148. The first-order valence-corrected chi connectivity index (χ1v) is 2.88.